The number of nitrogens with one attached hydrogen (secondary N) is 1. The smallest absolute Gasteiger partial charge is 0.243 e. The third kappa shape index (κ3) is 3.48. The zero-order chi connectivity index (χ0) is 12.3. The van der Waals surface area contributed by atoms with Gasteiger partial charge in [-0.3, -0.25) is 0 Å². The molecule has 4 nitrogen and oxygen atoms in total. The number of hydrogen-bond acceptors (Lipinski definition) is 3. The molecule has 0 fully saturated rings. The molecule has 0 saturated heterocycles. The number of hydrogen-bond donors (Lipinski definition) is 2. The van der Waals surface area contributed by atoms with Gasteiger partial charge in [-0.2, -0.15) is 0 Å². The van der Waals surface area contributed by atoms with Crippen LogP contribution in [0.1, 0.15) is 0 Å². The van der Waals surface area contributed by atoms with Crippen LogP contribution in [0.5, 0.6) is 0 Å². The molecule has 0 unspecified atom stereocenters. The second kappa shape index (κ2) is 5.17. The van der Waals surface area contributed by atoms with Crippen LogP contribution >= 0.6 is 28.1 Å². The Balaban J connectivity index is 3.03. The monoisotopic (exact) mass is 326 g/mol. The molecule has 0 radical (unpaired) electrons. The molecule has 3 N–H and O–H groups in total. The van der Waals surface area contributed by atoms with Crippen LogP contribution in [0.3, 0.4) is 0 Å². The molecule has 0 amide bonds. The van der Waals surface area contributed by atoms with Crippen LogP contribution in [0.4, 0.5) is 4.39 Å². The molecule has 0 spiro atoms. The largest absolute Gasteiger partial charge is 0.392 e. The number of sulfonamides is 1. The average Bonchev–Trinajstić information content (AvgIpc) is 2.14. The Kier molecular flexibility index (Phi) is 4.36. The van der Waals surface area contributed by atoms with Crippen LogP contribution in [0.2, 0.25) is 0 Å². The third-order valence-corrected chi connectivity index (χ3v) is 3.69. The van der Waals surface area contributed by atoms with Gasteiger partial charge in [-0.25, -0.2) is 17.5 Å². The van der Waals surface area contributed by atoms with Crippen molar-refractivity contribution in [3.05, 3.63) is 28.5 Å². The molecule has 1 aromatic carbocycles. The van der Waals surface area contributed by atoms with E-state index in [0.29, 0.717) is 4.47 Å². The van der Waals surface area contributed by atoms with Crippen molar-refractivity contribution in [1.29, 1.82) is 0 Å². The lowest BCUT2D eigenvalue weighted by atomic mass is 10.3. The standard InChI is InChI=1S/C8H8BrFN2O2S2/c9-5-1-2-7(6(10)3-5)16(13,14)12-4-8(11)15/h1-3,12H,4H2,(H2,11,15). The molecule has 0 aliphatic rings. The van der Waals surface area contributed by atoms with Crippen LogP contribution in [0, 0.1) is 5.82 Å². The fourth-order valence-electron chi connectivity index (χ4n) is 0.937. The summed E-state index contributed by atoms with van der Waals surface area (Å²) in [7, 11) is -3.92. The molecule has 8 heteroatoms. The van der Waals surface area contributed by atoms with Crippen molar-refractivity contribution >= 4 is 43.2 Å². The van der Waals surface area contributed by atoms with E-state index in [0.717, 1.165) is 12.1 Å². The second-order valence-electron chi connectivity index (χ2n) is 2.87. The molecule has 1 rings (SSSR count). The molecule has 0 aliphatic carbocycles. The summed E-state index contributed by atoms with van der Waals surface area (Å²) in [6, 6.07) is 3.65. The number of benzene rings is 1. The van der Waals surface area contributed by atoms with E-state index < -0.39 is 20.7 Å². The Bertz CT molecular complexity index is 519. The van der Waals surface area contributed by atoms with E-state index in [1.807, 2.05) is 0 Å². The van der Waals surface area contributed by atoms with Crippen LogP contribution in [-0.4, -0.2) is 20.0 Å². The van der Waals surface area contributed by atoms with Gasteiger partial charge in [0.15, 0.2) is 0 Å². The summed E-state index contributed by atoms with van der Waals surface area (Å²) in [5.41, 5.74) is 5.14. The molecule has 0 aromatic heterocycles. The fraction of sp³-hybridized carbons (Fsp3) is 0.125. The van der Waals surface area contributed by atoms with Crippen molar-refractivity contribution in [2.75, 3.05) is 6.54 Å². The summed E-state index contributed by atoms with van der Waals surface area (Å²) in [6.45, 7) is -0.201. The minimum absolute atomic E-state index is 0.0129. The van der Waals surface area contributed by atoms with Crippen molar-refractivity contribution < 1.29 is 12.8 Å². The predicted molar refractivity (Wildman–Crippen MR) is 66.1 cm³/mol. The Morgan fingerprint density at radius 2 is 2.19 bits per heavy atom. The number of nitrogens with two attached hydrogens (primary N) is 1. The highest BCUT2D eigenvalue weighted by molar-refractivity contribution is 9.10. The first kappa shape index (κ1) is 13.5. The van der Waals surface area contributed by atoms with E-state index in [4.69, 9.17) is 5.73 Å². The highest BCUT2D eigenvalue weighted by Gasteiger charge is 2.18. The van der Waals surface area contributed by atoms with E-state index in [1.165, 1.54) is 6.07 Å². The molecular weight excluding hydrogens is 319 g/mol. The lowest BCUT2D eigenvalue weighted by molar-refractivity contribution is 0.560. The summed E-state index contributed by atoms with van der Waals surface area (Å²) in [5.74, 6) is -0.843. The molecule has 0 aliphatic heterocycles. The molecule has 0 saturated carbocycles. The van der Waals surface area contributed by atoms with Gasteiger partial charge in [0.25, 0.3) is 0 Å². The summed E-state index contributed by atoms with van der Waals surface area (Å²) >= 11 is 7.55. The Morgan fingerprint density at radius 3 is 2.69 bits per heavy atom. The van der Waals surface area contributed by atoms with E-state index in [2.05, 4.69) is 32.9 Å². The average molecular weight is 327 g/mol. The van der Waals surface area contributed by atoms with Crippen molar-refractivity contribution in [3.63, 3.8) is 0 Å². The lowest BCUT2D eigenvalue weighted by Gasteiger charge is -2.06. The first-order valence-electron chi connectivity index (χ1n) is 4.06. The maximum Gasteiger partial charge on any atom is 0.243 e. The molecule has 16 heavy (non-hydrogen) atoms. The van der Waals surface area contributed by atoms with Crippen molar-refractivity contribution in [3.8, 4) is 0 Å². The van der Waals surface area contributed by atoms with Crippen LogP contribution in [-0.2, 0) is 10.0 Å². The van der Waals surface area contributed by atoms with E-state index in [1.54, 1.807) is 0 Å². The van der Waals surface area contributed by atoms with E-state index in [-0.39, 0.29) is 11.5 Å². The Labute approximate surface area is 106 Å². The third-order valence-electron chi connectivity index (χ3n) is 1.62. The van der Waals surface area contributed by atoms with Gasteiger partial charge in [0.2, 0.25) is 10.0 Å². The van der Waals surface area contributed by atoms with Gasteiger partial charge < -0.3 is 5.73 Å². The molecule has 1 aromatic rings. The quantitative estimate of drug-likeness (QED) is 0.814. The second-order valence-corrected chi connectivity index (χ2v) is 6.04. The number of rotatable bonds is 4. The van der Waals surface area contributed by atoms with Gasteiger partial charge >= 0.3 is 0 Å². The first-order chi connectivity index (χ1) is 7.33. The van der Waals surface area contributed by atoms with Gasteiger partial charge in [-0.05, 0) is 18.2 Å². The summed E-state index contributed by atoms with van der Waals surface area (Å²) in [6.07, 6.45) is 0. The minimum Gasteiger partial charge on any atom is -0.392 e. The van der Waals surface area contributed by atoms with Crippen LogP contribution in [0.25, 0.3) is 0 Å². The van der Waals surface area contributed by atoms with Gasteiger partial charge in [0, 0.05) is 4.47 Å². The Morgan fingerprint density at radius 1 is 1.56 bits per heavy atom. The zero-order valence-electron chi connectivity index (χ0n) is 7.91. The van der Waals surface area contributed by atoms with Gasteiger partial charge in [0.1, 0.15) is 10.7 Å². The molecule has 0 atom stereocenters. The molecular formula is C8H8BrFN2O2S2. The van der Waals surface area contributed by atoms with Crippen LogP contribution < -0.4 is 10.5 Å². The number of thiocarbonyl (C=S) groups is 1. The Hall–Kier alpha value is -0.570. The molecule has 88 valence electrons. The first-order valence-corrected chi connectivity index (χ1v) is 6.74. The predicted octanol–water partition coefficient (Wildman–Crippen LogP) is 1.15. The van der Waals surface area contributed by atoms with Crippen molar-refractivity contribution in [1.82, 2.24) is 4.72 Å². The topological polar surface area (TPSA) is 72.2 Å². The summed E-state index contributed by atoms with van der Waals surface area (Å²) < 4.78 is 39.1. The van der Waals surface area contributed by atoms with Crippen molar-refractivity contribution in [2.45, 2.75) is 4.90 Å². The van der Waals surface area contributed by atoms with Gasteiger partial charge in [-0.1, -0.05) is 28.1 Å². The molecule has 0 bridgehead atoms. The highest BCUT2D eigenvalue weighted by Crippen LogP contribution is 2.18. The van der Waals surface area contributed by atoms with Crippen LogP contribution in [0.15, 0.2) is 27.6 Å². The zero-order valence-corrected chi connectivity index (χ0v) is 11.1. The maximum absolute atomic E-state index is 13.4. The van der Waals surface area contributed by atoms with Gasteiger partial charge in [-0.15, -0.1) is 0 Å². The van der Waals surface area contributed by atoms with E-state index >= 15 is 0 Å². The highest BCUT2D eigenvalue weighted by atomic mass is 79.9. The fourth-order valence-corrected chi connectivity index (χ4v) is 2.50. The summed E-state index contributed by atoms with van der Waals surface area (Å²) in [4.78, 5) is -0.451. The summed E-state index contributed by atoms with van der Waals surface area (Å²) in [5, 5.41) is 0. The van der Waals surface area contributed by atoms with Crippen molar-refractivity contribution in [2.24, 2.45) is 5.73 Å². The SMILES string of the molecule is NC(=S)CNS(=O)(=O)c1ccc(Br)cc1F. The van der Waals surface area contributed by atoms with Gasteiger partial charge in [0.05, 0.1) is 11.5 Å². The number of halogens is 2. The molecule has 0 heterocycles. The van der Waals surface area contributed by atoms with E-state index in [9.17, 15) is 12.8 Å². The minimum atomic E-state index is -3.92. The lowest BCUT2D eigenvalue weighted by Crippen LogP contribution is -2.32. The normalized spacial score (nSPS) is 11.4. The maximum atomic E-state index is 13.4.